The maximum absolute atomic E-state index is 12.6. The summed E-state index contributed by atoms with van der Waals surface area (Å²) in [5.41, 5.74) is 2.11. The van der Waals surface area contributed by atoms with Crippen LogP contribution >= 0.6 is 0 Å². The Labute approximate surface area is 159 Å². The van der Waals surface area contributed by atoms with Crippen molar-refractivity contribution in [3.05, 3.63) is 47.5 Å². The molecule has 1 heterocycles. The fourth-order valence-corrected chi connectivity index (χ4v) is 2.98. The van der Waals surface area contributed by atoms with E-state index < -0.39 is 0 Å². The molecule has 1 aliphatic heterocycles. The number of carbonyl (C=O) groups is 1. The maximum atomic E-state index is 12.6. The molecule has 1 saturated heterocycles. The van der Waals surface area contributed by atoms with Crippen molar-refractivity contribution >= 4 is 11.6 Å². The van der Waals surface area contributed by atoms with E-state index in [1.165, 1.54) is 0 Å². The molecule has 2 aromatic carbocycles. The summed E-state index contributed by atoms with van der Waals surface area (Å²) in [7, 11) is 3.14. The van der Waals surface area contributed by atoms with Gasteiger partial charge in [0.2, 0.25) is 0 Å². The van der Waals surface area contributed by atoms with Crippen LogP contribution in [0.25, 0.3) is 0 Å². The van der Waals surface area contributed by atoms with Crippen LogP contribution < -0.4 is 19.5 Å². The molecule has 1 N–H and O–H groups in total. The van der Waals surface area contributed by atoms with Gasteiger partial charge in [-0.05, 0) is 55.7 Å². The van der Waals surface area contributed by atoms with Crippen LogP contribution in [0, 0.1) is 6.92 Å². The number of ether oxygens (including phenoxy) is 4. The van der Waals surface area contributed by atoms with Crippen molar-refractivity contribution in [2.45, 2.75) is 25.9 Å². The second-order valence-electron chi connectivity index (χ2n) is 6.45. The molecule has 6 nitrogen and oxygen atoms in total. The highest BCUT2D eigenvalue weighted by molar-refractivity contribution is 6.04. The lowest BCUT2D eigenvalue weighted by Gasteiger charge is -2.14. The van der Waals surface area contributed by atoms with Crippen LogP contribution in [0.3, 0.4) is 0 Å². The predicted octanol–water partition coefficient (Wildman–Crippen LogP) is 3.82. The lowest BCUT2D eigenvalue weighted by Crippen LogP contribution is -2.16. The first-order valence-electron chi connectivity index (χ1n) is 8.99. The number of rotatable bonds is 7. The van der Waals surface area contributed by atoms with E-state index in [-0.39, 0.29) is 12.0 Å². The normalized spacial score (nSPS) is 16.0. The number of benzene rings is 2. The molecule has 0 spiro atoms. The van der Waals surface area contributed by atoms with Crippen LogP contribution in [0.4, 0.5) is 5.69 Å². The van der Waals surface area contributed by atoms with Crippen LogP contribution in [0.15, 0.2) is 36.4 Å². The smallest absolute Gasteiger partial charge is 0.255 e. The van der Waals surface area contributed by atoms with E-state index in [9.17, 15) is 4.79 Å². The first kappa shape index (κ1) is 19.0. The fourth-order valence-electron chi connectivity index (χ4n) is 2.98. The third-order valence-corrected chi connectivity index (χ3v) is 4.56. The molecule has 0 aliphatic carbocycles. The molecule has 0 bridgehead atoms. The Kier molecular flexibility index (Phi) is 6.19. The van der Waals surface area contributed by atoms with Crippen molar-refractivity contribution in [3.63, 3.8) is 0 Å². The lowest BCUT2D eigenvalue weighted by molar-refractivity contribution is 0.0679. The first-order valence-corrected chi connectivity index (χ1v) is 8.99. The standard InChI is InChI=1S/C21H25NO5/c1-14-11-19(24-2)20(25-3)12-18(14)22-21(23)15-6-8-16(9-7-15)27-13-17-5-4-10-26-17/h6-9,11-12,17H,4-5,10,13H2,1-3H3,(H,22,23). The van der Waals surface area contributed by atoms with Crippen molar-refractivity contribution in [1.82, 2.24) is 0 Å². The van der Waals surface area contributed by atoms with E-state index in [2.05, 4.69) is 5.32 Å². The Morgan fingerprint density at radius 3 is 2.48 bits per heavy atom. The van der Waals surface area contributed by atoms with E-state index >= 15 is 0 Å². The number of amides is 1. The van der Waals surface area contributed by atoms with Gasteiger partial charge in [-0.3, -0.25) is 4.79 Å². The van der Waals surface area contributed by atoms with Crippen LogP contribution in [0.2, 0.25) is 0 Å². The van der Waals surface area contributed by atoms with Gasteiger partial charge in [-0.2, -0.15) is 0 Å². The van der Waals surface area contributed by atoms with Crippen molar-refractivity contribution in [1.29, 1.82) is 0 Å². The first-order chi connectivity index (χ1) is 13.1. The molecule has 6 heteroatoms. The average molecular weight is 371 g/mol. The molecule has 3 rings (SSSR count). The quantitative estimate of drug-likeness (QED) is 0.801. The van der Waals surface area contributed by atoms with Crippen molar-refractivity contribution in [3.8, 4) is 17.2 Å². The summed E-state index contributed by atoms with van der Waals surface area (Å²) in [5.74, 6) is 1.72. The summed E-state index contributed by atoms with van der Waals surface area (Å²) in [6.07, 6.45) is 2.29. The van der Waals surface area contributed by atoms with Gasteiger partial charge in [0, 0.05) is 23.9 Å². The van der Waals surface area contributed by atoms with Gasteiger partial charge in [-0.1, -0.05) is 0 Å². The van der Waals surface area contributed by atoms with Crippen LogP contribution in [0.5, 0.6) is 17.2 Å². The molecule has 1 atom stereocenters. The minimum Gasteiger partial charge on any atom is -0.493 e. The topological polar surface area (TPSA) is 66.0 Å². The van der Waals surface area contributed by atoms with Crippen LogP contribution in [-0.4, -0.2) is 39.4 Å². The Hall–Kier alpha value is -2.73. The number of hydrogen-bond acceptors (Lipinski definition) is 5. The zero-order valence-corrected chi connectivity index (χ0v) is 15.9. The monoisotopic (exact) mass is 371 g/mol. The third-order valence-electron chi connectivity index (χ3n) is 4.56. The van der Waals surface area contributed by atoms with Gasteiger partial charge in [0.05, 0.1) is 20.3 Å². The number of nitrogens with one attached hydrogen (secondary N) is 1. The zero-order chi connectivity index (χ0) is 19.2. The van der Waals surface area contributed by atoms with Crippen molar-refractivity contribution < 1.29 is 23.7 Å². The number of hydrogen-bond donors (Lipinski definition) is 1. The van der Waals surface area contributed by atoms with Crippen molar-refractivity contribution in [2.24, 2.45) is 0 Å². The van der Waals surface area contributed by atoms with E-state index in [1.54, 1.807) is 44.6 Å². The molecule has 144 valence electrons. The van der Waals surface area contributed by atoms with E-state index in [1.807, 2.05) is 13.0 Å². The Morgan fingerprint density at radius 2 is 1.85 bits per heavy atom. The molecule has 0 aromatic heterocycles. The second-order valence-corrected chi connectivity index (χ2v) is 6.45. The summed E-state index contributed by atoms with van der Waals surface area (Å²) < 4.78 is 21.8. The minimum atomic E-state index is -0.198. The summed E-state index contributed by atoms with van der Waals surface area (Å²) >= 11 is 0. The SMILES string of the molecule is COc1cc(C)c(NC(=O)c2ccc(OCC3CCCO3)cc2)cc1OC. The number of carbonyl (C=O) groups excluding carboxylic acids is 1. The predicted molar refractivity (Wildman–Crippen MR) is 103 cm³/mol. The van der Waals surface area contributed by atoms with E-state index in [0.717, 1.165) is 30.8 Å². The zero-order valence-electron chi connectivity index (χ0n) is 15.9. The molecule has 1 aliphatic rings. The summed E-state index contributed by atoms with van der Waals surface area (Å²) in [6.45, 7) is 3.25. The van der Waals surface area contributed by atoms with Gasteiger partial charge >= 0.3 is 0 Å². The largest absolute Gasteiger partial charge is 0.493 e. The van der Waals surface area contributed by atoms with E-state index in [0.29, 0.717) is 29.4 Å². The van der Waals surface area contributed by atoms with Gasteiger partial charge in [0.25, 0.3) is 5.91 Å². The number of aryl methyl sites for hydroxylation is 1. The highest BCUT2D eigenvalue weighted by atomic mass is 16.5. The van der Waals surface area contributed by atoms with Gasteiger partial charge < -0.3 is 24.3 Å². The fraction of sp³-hybridized carbons (Fsp3) is 0.381. The molecule has 2 aromatic rings. The maximum Gasteiger partial charge on any atom is 0.255 e. The highest BCUT2D eigenvalue weighted by Gasteiger charge is 2.16. The Morgan fingerprint density at radius 1 is 1.15 bits per heavy atom. The minimum absolute atomic E-state index is 0.168. The summed E-state index contributed by atoms with van der Waals surface area (Å²) in [4.78, 5) is 12.6. The number of methoxy groups -OCH3 is 2. The highest BCUT2D eigenvalue weighted by Crippen LogP contribution is 2.33. The molecule has 1 fully saturated rings. The van der Waals surface area contributed by atoms with Gasteiger partial charge in [-0.15, -0.1) is 0 Å². The third kappa shape index (κ3) is 4.71. The molecule has 0 radical (unpaired) electrons. The Bertz CT molecular complexity index is 782. The van der Waals surface area contributed by atoms with Gasteiger partial charge in [-0.25, -0.2) is 0 Å². The lowest BCUT2D eigenvalue weighted by atomic mass is 10.1. The van der Waals surface area contributed by atoms with Gasteiger partial charge in [0.1, 0.15) is 12.4 Å². The molecular formula is C21H25NO5. The van der Waals surface area contributed by atoms with E-state index in [4.69, 9.17) is 18.9 Å². The van der Waals surface area contributed by atoms with Crippen molar-refractivity contribution in [2.75, 3.05) is 32.8 Å². The second kappa shape index (κ2) is 8.77. The number of anilines is 1. The summed E-state index contributed by atoms with van der Waals surface area (Å²) in [6, 6.07) is 10.7. The molecule has 1 amide bonds. The molecule has 1 unspecified atom stereocenters. The summed E-state index contributed by atoms with van der Waals surface area (Å²) in [5, 5.41) is 2.91. The van der Waals surface area contributed by atoms with Crippen LogP contribution in [0.1, 0.15) is 28.8 Å². The molecule has 0 saturated carbocycles. The Balaban J connectivity index is 1.64. The molecule has 27 heavy (non-hydrogen) atoms. The average Bonchev–Trinajstić information content (AvgIpc) is 3.21. The van der Waals surface area contributed by atoms with Crippen LogP contribution in [-0.2, 0) is 4.74 Å². The molecular weight excluding hydrogens is 346 g/mol. The van der Waals surface area contributed by atoms with Gasteiger partial charge in [0.15, 0.2) is 11.5 Å².